The molecule has 1 N–H and O–H groups in total. The fraction of sp³-hybridized carbons (Fsp3) is 0.625. The van der Waals surface area contributed by atoms with Crippen molar-refractivity contribution in [3.8, 4) is 11.5 Å². The van der Waals surface area contributed by atoms with Crippen molar-refractivity contribution < 1.29 is 9.47 Å². The molecule has 0 saturated carbocycles. The predicted octanol–water partition coefficient (Wildman–Crippen LogP) is 3.07. The zero-order valence-corrected chi connectivity index (χ0v) is 12.4. The summed E-state index contributed by atoms with van der Waals surface area (Å²) in [4.78, 5) is 0. The summed E-state index contributed by atoms with van der Waals surface area (Å²) in [7, 11) is 0. The Morgan fingerprint density at radius 1 is 1.00 bits per heavy atom. The van der Waals surface area contributed by atoms with Crippen LogP contribution >= 0.6 is 11.6 Å². The number of benzene rings is 1. The number of rotatable bonds is 1. The van der Waals surface area contributed by atoms with Crippen LogP contribution < -0.4 is 14.8 Å². The summed E-state index contributed by atoms with van der Waals surface area (Å²) in [6.07, 6.45) is 5.39. The van der Waals surface area contributed by atoms with Gasteiger partial charge in [-0.05, 0) is 38.6 Å². The van der Waals surface area contributed by atoms with Crippen molar-refractivity contribution in [1.29, 1.82) is 0 Å². The predicted molar refractivity (Wildman–Crippen MR) is 79.3 cm³/mol. The Hall–Kier alpha value is -0.930. The Balaban J connectivity index is 1.93. The van der Waals surface area contributed by atoms with Gasteiger partial charge < -0.3 is 14.8 Å². The molecule has 3 aliphatic rings. The second-order valence-corrected chi connectivity index (χ2v) is 6.31. The summed E-state index contributed by atoms with van der Waals surface area (Å²) in [5.41, 5.74) is 3.89. The van der Waals surface area contributed by atoms with E-state index < -0.39 is 0 Å². The van der Waals surface area contributed by atoms with E-state index in [1.165, 1.54) is 23.1 Å². The number of fused-ring (bicyclic) bond motifs is 2. The van der Waals surface area contributed by atoms with Crippen LogP contribution in [0.4, 0.5) is 0 Å². The molecule has 0 radical (unpaired) electrons. The smallest absolute Gasteiger partial charge is 0.141 e. The van der Waals surface area contributed by atoms with Gasteiger partial charge in [-0.15, -0.1) is 0 Å². The molecule has 3 heterocycles. The van der Waals surface area contributed by atoms with E-state index in [0.29, 0.717) is 5.92 Å². The number of halogens is 1. The van der Waals surface area contributed by atoms with Crippen LogP contribution in [0, 0.1) is 0 Å². The molecule has 0 aliphatic carbocycles. The molecule has 0 amide bonds. The maximum Gasteiger partial charge on any atom is 0.141 e. The van der Waals surface area contributed by atoms with Crippen molar-refractivity contribution in [3.63, 3.8) is 0 Å². The minimum atomic E-state index is 0.551. The number of nitrogens with one attached hydrogen (secondary N) is 1. The van der Waals surface area contributed by atoms with E-state index in [9.17, 15) is 0 Å². The van der Waals surface area contributed by atoms with Crippen molar-refractivity contribution in [2.75, 3.05) is 26.3 Å². The number of hydrogen-bond acceptors (Lipinski definition) is 3. The Labute approximate surface area is 124 Å². The minimum absolute atomic E-state index is 0.551. The van der Waals surface area contributed by atoms with Gasteiger partial charge in [0.1, 0.15) is 11.5 Å². The summed E-state index contributed by atoms with van der Waals surface area (Å²) in [5.74, 6) is 2.58. The molecule has 3 nitrogen and oxygen atoms in total. The molecule has 108 valence electrons. The number of hydrogen-bond donors (Lipinski definition) is 1. The average molecular weight is 294 g/mol. The highest BCUT2D eigenvalue weighted by Gasteiger charge is 2.33. The van der Waals surface area contributed by atoms with Gasteiger partial charge in [-0.2, -0.15) is 0 Å². The third-order valence-corrected chi connectivity index (χ3v) is 5.09. The zero-order chi connectivity index (χ0) is 13.5. The molecule has 0 aromatic heterocycles. The molecule has 20 heavy (non-hydrogen) atoms. The van der Waals surface area contributed by atoms with Gasteiger partial charge in [0.15, 0.2) is 0 Å². The summed E-state index contributed by atoms with van der Waals surface area (Å²) < 4.78 is 12.0. The van der Waals surface area contributed by atoms with Crippen LogP contribution in [0.3, 0.4) is 0 Å². The van der Waals surface area contributed by atoms with Gasteiger partial charge in [0.05, 0.1) is 18.2 Å². The van der Waals surface area contributed by atoms with Crippen LogP contribution in [0.1, 0.15) is 41.9 Å². The molecule has 1 aromatic rings. The van der Waals surface area contributed by atoms with Gasteiger partial charge in [0.2, 0.25) is 0 Å². The maximum atomic E-state index is 6.60. The third-order valence-electron chi connectivity index (χ3n) is 4.69. The van der Waals surface area contributed by atoms with E-state index in [0.717, 1.165) is 68.5 Å². The summed E-state index contributed by atoms with van der Waals surface area (Å²) >= 11 is 6.60. The SMILES string of the molecule is Clc1c2c(c(C3CCNC3)c3c1OCCC3)OCCC2. The van der Waals surface area contributed by atoms with Gasteiger partial charge in [-0.1, -0.05) is 11.6 Å². The normalized spacial score (nSPS) is 24.6. The summed E-state index contributed by atoms with van der Waals surface area (Å²) in [6.45, 7) is 3.74. The molecule has 4 rings (SSSR count). The Kier molecular flexibility index (Phi) is 3.27. The van der Waals surface area contributed by atoms with Gasteiger partial charge in [0.25, 0.3) is 0 Å². The lowest BCUT2D eigenvalue weighted by molar-refractivity contribution is 0.268. The van der Waals surface area contributed by atoms with E-state index in [1.54, 1.807) is 0 Å². The molecule has 4 heteroatoms. The van der Waals surface area contributed by atoms with E-state index in [-0.39, 0.29) is 0 Å². The van der Waals surface area contributed by atoms with Crippen LogP contribution in [0.15, 0.2) is 0 Å². The molecule has 1 saturated heterocycles. The monoisotopic (exact) mass is 293 g/mol. The van der Waals surface area contributed by atoms with Gasteiger partial charge in [0, 0.05) is 29.2 Å². The fourth-order valence-electron chi connectivity index (χ4n) is 3.76. The molecule has 1 aromatic carbocycles. The highest BCUT2D eigenvalue weighted by molar-refractivity contribution is 6.33. The lowest BCUT2D eigenvalue weighted by atomic mass is 9.85. The molecular formula is C16H20ClNO2. The fourth-order valence-corrected chi connectivity index (χ4v) is 4.11. The zero-order valence-electron chi connectivity index (χ0n) is 11.6. The van der Waals surface area contributed by atoms with Crippen molar-refractivity contribution in [1.82, 2.24) is 5.32 Å². The molecule has 0 bridgehead atoms. The Bertz CT molecular complexity index is 501. The Morgan fingerprint density at radius 3 is 2.50 bits per heavy atom. The largest absolute Gasteiger partial charge is 0.493 e. The van der Waals surface area contributed by atoms with E-state index in [2.05, 4.69) is 5.32 Å². The topological polar surface area (TPSA) is 30.5 Å². The summed E-state index contributed by atoms with van der Waals surface area (Å²) in [5, 5.41) is 4.28. The molecule has 1 atom stereocenters. The first-order valence-electron chi connectivity index (χ1n) is 7.69. The van der Waals surface area contributed by atoms with Crippen LogP contribution in [0.5, 0.6) is 11.5 Å². The average Bonchev–Trinajstić information content (AvgIpc) is 3.02. The van der Waals surface area contributed by atoms with Crippen LogP contribution in [0.2, 0.25) is 5.02 Å². The standard InChI is InChI=1S/C16H20ClNO2/c17-14-12-4-2-7-19-15(12)13(10-5-6-18-9-10)11-3-1-8-20-16(11)14/h10,18H,1-9H2. The van der Waals surface area contributed by atoms with Gasteiger partial charge >= 0.3 is 0 Å². The van der Waals surface area contributed by atoms with Crippen LogP contribution in [-0.2, 0) is 12.8 Å². The van der Waals surface area contributed by atoms with Crippen LogP contribution in [-0.4, -0.2) is 26.3 Å². The second kappa shape index (κ2) is 5.12. The van der Waals surface area contributed by atoms with Crippen molar-refractivity contribution in [2.45, 2.75) is 38.0 Å². The minimum Gasteiger partial charge on any atom is -0.493 e. The first-order valence-corrected chi connectivity index (χ1v) is 8.07. The maximum absolute atomic E-state index is 6.60. The molecule has 1 fully saturated rings. The quantitative estimate of drug-likeness (QED) is 0.863. The first kappa shape index (κ1) is 12.8. The highest BCUT2D eigenvalue weighted by atomic mass is 35.5. The molecule has 3 aliphatic heterocycles. The third kappa shape index (κ3) is 1.91. The second-order valence-electron chi connectivity index (χ2n) is 5.94. The molecule has 1 unspecified atom stereocenters. The van der Waals surface area contributed by atoms with Crippen LogP contribution in [0.25, 0.3) is 0 Å². The van der Waals surface area contributed by atoms with Crippen molar-refractivity contribution in [3.05, 3.63) is 21.7 Å². The van der Waals surface area contributed by atoms with E-state index in [4.69, 9.17) is 21.1 Å². The van der Waals surface area contributed by atoms with E-state index in [1.807, 2.05) is 0 Å². The van der Waals surface area contributed by atoms with E-state index >= 15 is 0 Å². The van der Waals surface area contributed by atoms with Crippen molar-refractivity contribution >= 4 is 11.6 Å². The number of ether oxygens (including phenoxy) is 2. The Morgan fingerprint density at radius 2 is 1.75 bits per heavy atom. The molecule has 0 spiro atoms. The first-order chi connectivity index (χ1) is 9.86. The lowest BCUT2D eigenvalue weighted by Gasteiger charge is -2.31. The highest BCUT2D eigenvalue weighted by Crippen LogP contribution is 2.49. The van der Waals surface area contributed by atoms with Gasteiger partial charge in [-0.25, -0.2) is 0 Å². The molecular weight excluding hydrogens is 274 g/mol. The van der Waals surface area contributed by atoms with Gasteiger partial charge in [-0.3, -0.25) is 0 Å². The lowest BCUT2D eigenvalue weighted by Crippen LogP contribution is -2.20. The summed E-state index contributed by atoms with van der Waals surface area (Å²) in [6, 6.07) is 0. The van der Waals surface area contributed by atoms with Crippen molar-refractivity contribution in [2.24, 2.45) is 0 Å².